The van der Waals surface area contributed by atoms with Crippen LogP contribution in [0.15, 0.2) is 59.7 Å². The van der Waals surface area contributed by atoms with Gasteiger partial charge in [0.05, 0.1) is 17.0 Å². The molecule has 0 radical (unpaired) electrons. The normalized spacial score (nSPS) is 12.5. The van der Waals surface area contributed by atoms with Crippen molar-refractivity contribution in [1.29, 1.82) is 0 Å². The zero-order chi connectivity index (χ0) is 20.8. The van der Waals surface area contributed by atoms with E-state index in [1.807, 2.05) is 37.3 Å². The molecular formula is C23H17F2N5. The first-order valence-corrected chi connectivity index (χ1v) is 9.44. The number of hydrogen-bond acceptors (Lipinski definition) is 4. The Balaban J connectivity index is 1.71. The van der Waals surface area contributed by atoms with E-state index in [1.165, 1.54) is 18.2 Å². The molecule has 2 N–H and O–H groups in total. The number of pyridine rings is 1. The highest BCUT2D eigenvalue weighted by atomic mass is 19.1. The minimum atomic E-state index is -0.684. The standard InChI is InChI=1S/C23H17F2N5/c1-12-10-15(8-9-26-12)14-6-7-19-16(11-14)22-21(13(2)29-30-22)28-23(27-19)20-17(24)4-3-5-18(20)25/h3-11H,1-2H3,(H,27,28)(H,29,30). The molecule has 0 bridgehead atoms. The number of anilines is 1. The third kappa shape index (κ3) is 2.95. The highest BCUT2D eigenvalue weighted by Gasteiger charge is 2.24. The molecule has 0 fully saturated rings. The van der Waals surface area contributed by atoms with Crippen LogP contribution in [0.1, 0.15) is 17.0 Å². The van der Waals surface area contributed by atoms with Crippen LogP contribution < -0.4 is 5.32 Å². The molecule has 0 amide bonds. The van der Waals surface area contributed by atoms with Gasteiger partial charge in [-0.05, 0) is 61.4 Å². The van der Waals surface area contributed by atoms with Crippen molar-refractivity contribution in [2.45, 2.75) is 13.8 Å². The minimum Gasteiger partial charge on any atom is -0.339 e. The average Bonchev–Trinajstić information content (AvgIpc) is 2.99. The summed E-state index contributed by atoms with van der Waals surface area (Å²) in [6.07, 6.45) is 1.77. The van der Waals surface area contributed by atoms with Crippen molar-refractivity contribution in [3.63, 3.8) is 0 Å². The van der Waals surface area contributed by atoms with E-state index in [0.717, 1.165) is 22.4 Å². The molecule has 2 aromatic heterocycles. The summed E-state index contributed by atoms with van der Waals surface area (Å²) in [5, 5.41) is 10.4. The van der Waals surface area contributed by atoms with Gasteiger partial charge in [-0.1, -0.05) is 12.1 Å². The molecule has 0 atom stereocenters. The van der Waals surface area contributed by atoms with Gasteiger partial charge in [-0.25, -0.2) is 13.8 Å². The first kappa shape index (κ1) is 18.2. The Morgan fingerprint density at radius 1 is 0.900 bits per heavy atom. The van der Waals surface area contributed by atoms with Gasteiger partial charge >= 0.3 is 0 Å². The number of benzene rings is 2. The van der Waals surface area contributed by atoms with Crippen molar-refractivity contribution in [1.82, 2.24) is 15.2 Å². The number of aromatic amines is 1. The van der Waals surface area contributed by atoms with Crippen LogP contribution in [0, 0.1) is 25.5 Å². The van der Waals surface area contributed by atoms with E-state index < -0.39 is 11.6 Å². The summed E-state index contributed by atoms with van der Waals surface area (Å²) in [5.74, 6) is -1.27. The Labute approximate surface area is 171 Å². The first-order valence-electron chi connectivity index (χ1n) is 9.44. The van der Waals surface area contributed by atoms with Crippen LogP contribution in [0.2, 0.25) is 0 Å². The molecule has 7 heteroatoms. The van der Waals surface area contributed by atoms with Gasteiger partial charge in [0.25, 0.3) is 0 Å². The van der Waals surface area contributed by atoms with Gasteiger partial charge in [-0.15, -0.1) is 0 Å². The van der Waals surface area contributed by atoms with Crippen molar-refractivity contribution in [3.8, 4) is 22.4 Å². The number of fused-ring (bicyclic) bond motifs is 3. The van der Waals surface area contributed by atoms with Crippen molar-refractivity contribution < 1.29 is 8.78 Å². The molecule has 0 saturated heterocycles. The Kier molecular flexibility index (Phi) is 4.17. The molecule has 0 unspecified atom stereocenters. The van der Waals surface area contributed by atoms with Crippen LogP contribution in [-0.2, 0) is 0 Å². The van der Waals surface area contributed by atoms with Crippen molar-refractivity contribution >= 4 is 17.2 Å². The van der Waals surface area contributed by atoms with Gasteiger partial charge in [0, 0.05) is 23.1 Å². The van der Waals surface area contributed by atoms with Crippen molar-refractivity contribution in [2.24, 2.45) is 4.99 Å². The van der Waals surface area contributed by atoms with E-state index in [1.54, 1.807) is 13.1 Å². The quantitative estimate of drug-likeness (QED) is 0.464. The number of H-pyrrole nitrogens is 1. The van der Waals surface area contributed by atoms with E-state index in [4.69, 9.17) is 0 Å². The topological polar surface area (TPSA) is 66.0 Å². The molecule has 1 aliphatic heterocycles. The van der Waals surface area contributed by atoms with Crippen LogP contribution in [-0.4, -0.2) is 21.0 Å². The van der Waals surface area contributed by atoms with E-state index >= 15 is 0 Å². The number of aliphatic imine (C=N–C) groups is 1. The number of hydrogen-bond donors (Lipinski definition) is 2. The summed E-state index contributed by atoms with van der Waals surface area (Å²) in [5.41, 5.74) is 6.08. The maximum atomic E-state index is 14.5. The molecule has 0 saturated carbocycles. The second-order valence-electron chi connectivity index (χ2n) is 7.16. The van der Waals surface area contributed by atoms with Crippen LogP contribution in [0.4, 0.5) is 20.2 Å². The number of aryl methyl sites for hydroxylation is 2. The Hall–Kier alpha value is -3.87. The second kappa shape index (κ2) is 6.88. The second-order valence-corrected chi connectivity index (χ2v) is 7.16. The van der Waals surface area contributed by atoms with Gasteiger partial charge in [-0.3, -0.25) is 10.1 Å². The average molecular weight is 401 g/mol. The maximum absolute atomic E-state index is 14.5. The number of amidine groups is 1. The number of halogens is 2. The highest BCUT2D eigenvalue weighted by Crippen LogP contribution is 2.41. The SMILES string of the molecule is Cc1cc(-c2ccc3c(c2)-c2[nH]nc(C)c2N=C(c2c(F)cccc2F)N3)ccn1. The zero-order valence-electron chi connectivity index (χ0n) is 16.3. The zero-order valence-corrected chi connectivity index (χ0v) is 16.3. The van der Waals surface area contributed by atoms with Crippen molar-refractivity contribution in [3.05, 3.63) is 83.3 Å². The first-order chi connectivity index (χ1) is 14.5. The third-order valence-corrected chi connectivity index (χ3v) is 5.11. The lowest BCUT2D eigenvalue weighted by Crippen LogP contribution is -2.17. The fraction of sp³-hybridized carbons (Fsp3) is 0.0870. The van der Waals surface area contributed by atoms with Crippen LogP contribution in [0.3, 0.4) is 0 Å². The number of aromatic nitrogens is 3. The highest BCUT2D eigenvalue weighted by molar-refractivity contribution is 6.13. The predicted molar refractivity (Wildman–Crippen MR) is 113 cm³/mol. The van der Waals surface area contributed by atoms with Gasteiger partial charge < -0.3 is 5.32 Å². The Bertz CT molecular complexity index is 1300. The Morgan fingerprint density at radius 3 is 2.43 bits per heavy atom. The lowest BCUT2D eigenvalue weighted by Gasteiger charge is -2.13. The fourth-order valence-corrected chi connectivity index (χ4v) is 3.63. The molecule has 2 aromatic carbocycles. The summed E-state index contributed by atoms with van der Waals surface area (Å²) in [6, 6.07) is 13.5. The van der Waals surface area contributed by atoms with Gasteiger partial charge in [0.15, 0.2) is 0 Å². The molecule has 4 aromatic rings. The van der Waals surface area contributed by atoms with E-state index in [9.17, 15) is 8.78 Å². The molecule has 148 valence electrons. The molecule has 30 heavy (non-hydrogen) atoms. The van der Waals surface area contributed by atoms with E-state index in [-0.39, 0.29) is 11.4 Å². The summed E-state index contributed by atoms with van der Waals surface area (Å²) < 4.78 is 29.0. The number of nitrogens with zero attached hydrogens (tertiary/aromatic N) is 3. The fourth-order valence-electron chi connectivity index (χ4n) is 3.63. The van der Waals surface area contributed by atoms with Crippen LogP contribution >= 0.6 is 0 Å². The van der Waals surface area contributed by atoms with Crippen LogP contribution in [0.25, 0.3) is 22.4 Å². The molecule has 3 heterocycles. The minimum absolute atomic E-state index is 0.0996. The molecule has 0 aliphatic carbocycles. The van der Waals surface area contributed by atoms with Gasteiger partial charge in [0.2, 0.25) is 0 Å². The molecule has 0 spiro atoms. The van der Waals surface area contributed by atoms with Gasteiger partial charge in [-0.2, -0.15) is 5.10 Å². The lowest BCUT2D eigenvalue weighted by molar-refractivity contribution is 0.579. The van der Waals surface area contributed by atoms with Gasteiger partial charge in [0.1, 0.15) is 23.2 Å². The molecule has 1 aliphatic rings. The monoisotopic (exact) mass is 401 g/mol. The summed E-state index contributed by atoms with van der Waals surface area (Å²) in [4.78, 5) is 8.79. The third-order valence-electron chi connectivity index (χ3n) is 5.11. The summed E-state index contributed by atoms with van der Waals surface area (Å²) >= 11 is 0. The number of rotatable bonds is 2. The number of nitrogens with one attached hydrogen (secondary N) is 2. The largest absolute Gasteiger partial charge is 0.339 e. The molecule has 5 rings (SSSR count). The lowest BCUT2D eigenvalue weighted by atomic mass is 9.99. The van der Waals surface area contributed by atoms with Crippen molar-refractivity contribution in [2.75, 3.05) is 5.32 Å². The summed E-state index contributed by atoms with van der Waals surface area (Å²) in [7, 11) is 0. The molecule has 5 nitrogen and oxygen atoms in total. The molecular weight excluding hydrogens is 384 g/mol. The van der Waals surface area contributed by atoms with E-state index in [0.29, 0.717) is 22.8 Å². The maximum Gasteiger partial charge on any atom is 0.144 e. The Morgan fingerprint density at radius 2 is 1.67 bits per heavy atom. The predicted octanol–water partition coefficient (Wildman–Crippen LogP) is 5.54. The summed E-state index contributed by atoms with van der Waals surface area (Å²) in [6.45, 7) is 3.74. The van der Waals surface area contributed by atoms with Crippen LogP contribution in [0.5, 0.6) is 0 Å². The smallest absolute Gasteiger partial charge is 0.144 e. The van der Waals surface area contributed by atoms with E-state index in [2.05, 4.69) is 25.5 Å².